The number of aromatic nitrogens is 2. The maximum atomic E-state index is 4.57. The molecule has 2 heterocycles. The lowest BCUT2D eigenvalue weighted by atomic mass is 10.00. The van der Waals surface area contributed by atoms with Crippen molar-refractivity contribution < 1.29 is 0 Å². The van der Waals surface area contributed by atoms with E-state index in [0.29, 0.717) is 5.92 Å². The van der Waals surface area contributed by atoms with Crippen LogP contribution in [0.3, 0.4) is 0 Å². The summed E-state index contributed by atoms with van der Waals surface area (Å²) in [6, 6.07) is 7.95. The van der Waals surface area contributed by atoms with E-state index < -0.39 is 0 Å². The van der Waals surface area contributed by atoms with Crippen molar-refractivity contribution in [2.24, 2.45) is 5.92 Å². The fourth-order valence-corrected chi connectivity index (χ4v) is 2.39. The zero-order chi connectivity index (χ0) is 12.2. The SMILES string of the molecule is Cl.c1ccc2nc(NCC3CCCNC3)cnc2c1. The third kappa shape index (κ3) is 3.55. The third-order valence-electron chi connectivity index (χ3n) is 3.42. The monoisotopic (exact) mass is 278 g/mol. The maximum absolute atomic E-state index is 4.57. The molecule has 0 bridgehead atoms. The summed E-state index contributed by atoms with van der Waals surface area (Å²) >= 11 is 0. The van der Waals surface area contributed by atoms with E-state index in [1.165, 1.54) is 12.8 Å². The predicted octanol–water partition coefficient (Wildman–Crippen LogP) is 2.46. The summed E-state index contributed by atoms with van der Waals surface area (Å²) in [5.74, 6) is 1.58. The molecular formula is C14H19ClN4. The molecule has 1 saturated heterocycles. The number of rotatable bonds is 3. The van der Waals surface area contributed by atoms with E-state index in [1.807, 2.05) is 30.5 Å². The van der Waals surface area contributed by atoms with Gasteiger partial charge < -0.3 is 10.6 Å². The third-order valence-corrected chi connectivity index (χ3v) is 3.42. The summed E-state index contributed by atoms with van der Waals surface area (Å²) in [4.78, 5) is 8.97. The Bertz CT molecular complexity index is 526. The smallest absolute Gasteiger partial charge is 0.145 e. The number of anilines is 1. The van der Waals surface area contributed by atoms with Crippen molar-refractivity contribution >= 4 is 29.3 Å². The Hall–Kier alpha value is -1.39. The van der Waals surface area contributed by atoms with E-state index in [0.717, 1.165) is 36.5 Å². The number of fused-ring (bicyclic) bond motifs is 1. The van der Waals surface area contributed by atoms with Crippen molar-refractivity contribution in [3.05, 3.63) is 30.5 Å². The molecule has 2 aromatic rings. The zero-order valence-corrected chi connectivity index (χ0v) is 11.6. The topological polar surface area (TPSA) is 49.8 Å². The molecule has 1 atom stereocenters. The number of piperidine rings is 1. The van der Waals surface area contributed by atoms with Gasteiger partial charge in [0.2, 0.25) is 0 Å². The first-order chi connectivity index (χ1) is 8.92. The van der Waals surface area contributed by atoms with Gasteiger partial charge in [0.25, 0.3) is 0 Å². The molecule has 3 rings (SSSR count). The molecule has 102 valence electrons. The second kappa shape index (κ2) is 6.68. The first-order valence-corrected chi connectivity index (χ1v) is 6.58. The standard InChI is InChI=1S/C14H18N4.ClH/c1-2-6-13-12(5-1)16-10-14(18-13)17-9-11-4-3-7-15-8-11;/h1-2,5-6,10-11,15H,3-4,7-9H2,(H,17,18);1H. The normalized spacial score (nSPS) is 18.8. The molecule has 0 aliphatic carbocycles. The van der Waals surface area contributed by atoms with Crippen molar-refractivity contribution in [2.45, 2.75) is 12.8 Å². The molecule has 1 aromatic heterocycles. The quantitative estimate of drug-likeness (QED) is 0.906. The molecule has 1 aromatic carbocycles. The van der Waals surface area contributed by atoms with Crippen LogP contribution in [0.2, 0.25) is 0 Å². The molecular weight excluding hydrogens is 260 g/mol. The second-order valence-corrected chi connectivity index (χ2v) is 4.84. The molecule has 1 aliphatic rings. The molecule has 1 fully saturated rings. The van der Waals surface area contributed by atoms with Crippen molar-refractivity contribution in [3.8, 4) is 0 Å². The highest BCUT2D eigenvalue weighted by Crippen LogP contribution is 2.14. The average molecular weight is 279 g/mol. The number of nitrogens with zero attached hydrogens (tertiary/aromatic N) is 2. The molecule has 19 heavy (non-hydrogen) atoms. The van der Waals surface area contributed by atoms with Crippen molar-refractivity contribution in [3.63, 3.8) is 0 Å². The van der Waals surface area contributed by atoms with Crippen LogP contribution >= 0.6 is 12.4 Å². The fraction of sp³-hybridized carbons (Fsp3) is 0.429. The predicted molar refractivity (Wildman–Crippen MR) is 80.9 cm³/mol. The summed E-state index contributed by atoms with van der Waals surface area (Å²) < 4.78 is 0. The lowest BCUT2D eigenvalue weighted by Gasteiger charge is -2.23. The van der Waals surface area contributed by atoms with Gasteiger partial charge in [0.05, 0.1) is 17.2 Å². The number of para-hydroxylation sites is 2. The van der Waals surface area contributed by atoms with E-state index in [4.69, 9.17) is 0 Å². The van der Waals surface area contributed by atoms with Crippen molar-refractivity contribution in [1.82, 2.24) is 15.3 Å². The molecule has 0 spiro atoms. The number of benzene rings is 1. The Balaban J connectivity index is 0.00000133. The molecule has 0 radical (unpaired) electrons. The van der Waals surface area contributed by atoms with Gasteiger partial charge in [-0.05, 0) is 44.0 Å². The summed E-state index contributed by atoms with van der Waals surface area (Å²) in [5, 5.41) is 6.82. The molecule has 1 unspecified atom stereocenters. The average Bonchev–Trinajstić information content (AvgIpc) is 2.46. The van der Waals surface area contributed by atoms with Gasteiger partial charge in [-0.1, -0.05) is 12.1 Å². The van der Waals surface area contributed by atoms with Gasteiger partial charge in [-0.2, -0.15) is 0 Å². The Labute approximate surface area is 119 Å². The lowest BCUT2D eigenvalue weighted by Crippen LogP contribution is -2.33. The van der Waals surface area contributed by atoms with E-state index >= 15 is 0 Å². The summed E-state index contributed by atoms with van der Waals surface area (Å²) in [6.45, 7) is 3.24. The van der Waals surface area contributed by atoms with Crippen LogP contribution in [0.15, 0.2) is 30.5 Å². The van der Waals surface area contributed by atoms with Gasteiger partial charge in [-0.3, -0.25) is 4.98 Å². The maximum Gasteiger partial charge on any atom is 0.145 e. The molecule has 0 saturated carbocycles. The number of nitrogens with one attached hydrogen (secondary N) is 2. The van der Waals surface area contributed by atoms with E-state index in [1.54, 1.807) is 0 Å². The molecule has 4 nitrogen and oxygen atoms in total. The molecule has 0 amide bonds. The minimum atomic E-state index is 0. The van der Waals surface area contributed by atoms with Crippen LogP contribution in [0.4, 0.5) is 5.82 Å². The Kier molecular flexibility index (Phi) is 4.93. The van der Waals surface area contributed by atoms with E-state index in [9.17, 15) is 0 Å². The van der Waals surface area contributed by atoms with Crippen LogP contribution in [-0.2, 0) is 0 Å². The van der Waals surface area contributed by atoms with Crippen LogP contribution in [0.1, 0.15) is 12.8 Å². The second-order valence-electron chi connectivity index (χ2n) is 4.84. The summed E-state index contributed by atoms with van der Waals surface area (Å²) in [7, 11) is 0. The first kappa shape index (κ1) is 14.0. The van der Waals surface area contributed by atoms with Crippen LogP contribution < -0.4 is 10.6 Å². The summed E-state index contributed by atoms with van der Waals surface area (Å²) in [5.41, 5.74) is 1.90. The molecule has 2 N–H and O–H groups in total. The van der Waals surface area contributed by atoms with Gasteiger partial charge >= 0.3 is 0 Å². The van der Waals surface area contributed by atoms with Gasteiger partial charge in [0, 0.05) is 6.54 Å². The fourth-order valence-electron chi connectivity index (χ4n) is 2.39. The van der Waals surface area contributed by atoms with Crippen LogP contribution in [0, 0.1) is 5.92 Å². The van der Waals surface area contributed by atoms with E-state index in [2.05, 4.69) is 20.6 Å². The lowest BCUT2D eigenvalue weighted by molar-refractivity contribution is 0.392. The largest absolute Gasteiger partial charge is 0.368 e. The van der Waals surface area contributed by atoms with Crippen molar-refractivity contribution in [2.75, 3.05) is 25.0 Å². The minimum absolute atomic E-state index is 0. The van der Waals surface area contributed by atoms with Crippen LogP contribution in [0.5, 0.6) is 0 Å². The summed E-state index contributed by atoms with van der Waals surface area (Å²) in [6.07, 6.45) is 4.38. The van der Waals surface area contributed by atoms with Crippen molar-refractivity contribution in [1.29, 1.82) is 0 Å². The number of hydrogen-bond acceptors (Lipinski definition) is 4. The molecule has 5 heteroatoms. The highest BCUT2D eigenvalue weighted by molar-refractivity contribution is 5.85. The Morgan fingerprint density at radius 2 is 2.11 bits per heavy atom. The van der Waals surface area contributed by atoms with Crippen LogP contribution in [-0.4, -0.2) is 29.6 Å². The van der Waals surface area contributed by atoms with E-state index in [-0.39, 0.29) is 12.4 Å². The van der Waals surface area contributed by atoms with Gasteiger partial charge in [0.1, 0.15) is 5.82 Å². The number of hydrogen-bond donors (Lipinski definition) is 2. The molecule has 1 aliphatic heterocycles. The Morgan fingerprint density at radius 1 is 1.26 bits per heavy atom. The first-order valence-electron chi connectivity index (χ1n) is 6.58. The Morgan fingerprint density at radius 3 is 2.89 bits per heavy atom. The van der Waals surface area contributed by atoms with Gasteiger partial charge in [-0.15, -0.1) is 12.4 Å². The van der Waals surface area contributed by atoms with Crippen LogP contribution in [0.25, 0.3) is 11.0 Å². The minimum Gasteiger partial charge on any atom is -0.368 e. The number of halogens is 1. The highest BCUT2D eigenvalue weighted by Gasteiger charge is 2.12. The zero-order valence-electron chi connectivity index (χ0n) is 10.8. The van der Waals surface area contributed by atoms with Gasteiger partial charge in [-0.25, -0.2) is 4.98 Å². The highest BCUT2D eigenvalue weighted by atomic mass is 35.5. The van der Waals surface area contributed by atoms with Gasteiger partial charge in [0.15, 0.2) is 0 Å².